The maximum Gasteiger partial charge on any atom is 0.120 e. The standard InChI is InChI=1S/C13H16ClN3O/c1-17-9-10(7-16-17)4-5-15-8-11-6-12(14)2-3-13(11)18/h2-3,6-7,9,15,18H,4-5,8H2,1H3. The second-order valence-corrected chi connectivity index (χ2v) is 4.66. The summed E-state index contributed by atoms with van der Waals surface area (Å²) >= 11 is 5.88. The van der Waals surface area contributed by atoms with Crippen LogP contribution < -0.4 is 5.32 Å². The number of aromatic hydroxyl groups is 1. The average molecular weight is 266 g/mol. The molecule has 18 heavy (non-hydrogen) atoms. The van der Waals surface area contributed by atoms with Gasteiger partial charge in [-0.05, 0) is 36.7 Å². The highest BCUT2D eigenvalue weighted by molar-refractivity contribution is 6.30. The molecule has 5 heteroatoms. The number of benzene rings is 1. The number of aromatic nitrogens is 2. The van der Waals surface area contributed by atoms with Crippen molar-refractivity contribution in [1.82, 2.24) is 15.1 Å². The molecule has 2 N–H and O–H groups in total. The van der Waals surface area contributed by atoms with Crippen LogP contribution in [0.3, 0.4) is 0 Å². The minimum atomic E-state index is 0.272. The van der Waals surface area contributed by atoms with E-state index in [0.29, 0.717) is 11.6 Å². The zero-order valence-corrected chi connectivity index (χ0v) is 11.0. The van der Waals surface area contributed by atoms with Gasteiger partial charge in [-0.15, -0.1) is 0 Å². The van der Waals surface area contributed by atoms with Gasteiger partial charge in [0, 0.05) is 30.4 Å². The lowest BCUT2D eigenvalue weighted by atomic mass is 10.2. The van der Waals surface area contributed by atoms with E-state index in [-0.39, 0.29) is 5.75 Å². The summed E-state index contributed by atoms with van der Waals surface area (Å²) in [5.74, 6) is 0.272. The number of nitrogens with zero attached hydrogens (tertiary/aromatic N) is 2. The number of phenolic OH excluding ortho intramolecular Hbond substituents is 1. The first kappa shape index (κ1) is 12.9. The van der Waals surface area contributed by atoms with Crippen LogP contribution in [0.5, 0.6) is 5.75 Å². The van der Waals surface area contributed by atoms with Crippen LogP contribution in [0.15, 0.2) is 30.6 Å². The highest BCUT2D eigenvalue weighted by Crippen LogP contribution is 2.20. The van der Waals surface area contributed by atoms with Crippen LogP contribution >= 0.6 is 11.6 Å². The number of hydrogen-bond donors (Lipinski definition) is 2. The topological polar surface area (TPSA) is 50.1 Å². The third-order valence-electron chi connectivity index (χ3n) is 2.71. The average Bonchev–Trinajstić information content (AvgIpc) is 2.75. The zero-order valence-electron chi connectivity index (χ0n) is 10.2. The van der Waals surface area contributed by atoms with Crippen molar-refractivity contribution in [2.75, 3.05) is 6.54 Å². The Morgan fingerprint density at radius 1 is 1.44 bits per heavy atom. The maximum absolute atomic E-state index is 9.64. The Hall–Kier alpha value is -1.52. The van der Waals surface area contributed by atoms with Gasteiger partial charge < -0.3 is 10.4 Å². The Bertz CT molecular complexity index is 525. The molecule has 2 aromatic rings. The van der Waals surface area contributed by atoms with Gasteiger partial charge in [0.1, 0.15) is 5.75 Å². The van der Waals surface area contributed by atoms with Crippen molar-refractivity contribution in [3.8, 4) is 5.75 Å². The molecule has 0 unspecified atom stereocenters. The predicted octanol–water partition coefficient (Wildman–Crippen LogP) is 2.11. The molecule has 0 bridgehead atoms. The van der Waals surface area contributed by atoms with Gasteiger partial charge in [-0.1, -0.05) is 11.6 Å². The lowest BCUT2D eigenvalue weighted by Crippen LogP contribution is -2.16. The van der Waals surface area contributed by atoms with Crippen LogP contribution in [0, 0.1) is 0 Å². The Kier molecular flexibility index (Phi) is 4.23. The Balaban J connectivity index is 1.80. The summed E-state index contributed by atoms with van der Waals surface area (Å²) in [5, 5.41) is 17.7. The molecule has 0 atom stereocenters. The second-order valence-electron chi connectivity index (χ2n) is 4.22. The van der Waals surface area contributed by atoms with Gasteiger partial charge in [0.2, 0.25) is 0 Å². The summed E-state index contributed by atoms with van der Waals surface area (Å²) in [6, 6.07) is 5.06. The van der Waals surface area contributed by atoms with E-state index in [2.05, 4.69) is 10.4 Å². The number of halogens is 1. The third-order valence-corrected chi connectivity index (χ3v) is 2.94. The molecule has 0 spiro atoms. The van der Waals surface area contributed by atoms with Crippen molar-refractivity contribution in [3.63, 3.8) is 0 Å². The number of rotatable bonds is 5. The number of aryl methyl sites for hydroxylation is 1. The first-order valence-electron chi connectivity index (χ1n) is 5.81. The van der Waals surface area contributed by atoms with Crippen molar-refractivity contribution in [3.05, 3.63) is 46.7 Å². The molecule has 0 aliphatic carbocycles. The Morgan fingerprint density at radius 2 is 2.28 bits per heavy atom. The highest BCUT2D eigenvalue weighted by Gasteiger charge is 2.02. The molecule has 4 nitrogen and oxygen atoms in total. The maximum atomic E-state index is 9.64. The van der Waals surface area contributed by atoms with Crippen LogP contribution in [0.25, 0.3) is 0 Å². The van der Waals surface area contributed by atoms with Crippen molar-refractivity contribution < 1.29 is 5.11 Å². The smallest absolute Gasteiger partial charge is 0.120 e. The minimum absolute atomic E-state index is 0.272. The number of hydrogen-bond acceptors (Lipinski definition) is 3. The molecule has 1 heterocycles. The van der Waals surface area contributed by atoms with E-state index in [9.17, 15) is 5.11 Å². The summed E-state index contributed by atoms with van der Waals surface area (Å²) in [4.78, 5) is 0. The van der Waals surface area contributed by atoms with Crippen molar-refractivity contribution in [2.24, 2.45) is 7.05 Å². The second kappa shape index (κ2) is 5.89. The Morgan fingerprint density at radius 3 is 3.00 bits per heavy atom. The largest absolute Gasteiger partial charge is 0.508 e. The summed E-state index contributed by atoms with van der Waals surface area (Å²) in [5.41, 5.74) is 2.01. The molecule has 0 aliphatic rings. The van der Waals surface area contributed by atoms with Crippen LogP contribution in [0.1, 0.15) is 11.1 Å². The van der Waals surface area contributed by atoms with Gasteiger partial charge in [0.15, 0.2) is 0 Å². The molecular weight excluding hydrogens is 250 g/mol. The van der Waals surface area contributed by atoms with E-state index >= 15 is 0 Å². The van der Waals surface area contributed by atoms with E-state index in [4.69, 9.17) is 11.6 Å². The molecular formula is C13H16ClN3O. The molecule has 0 aliphatic heterocycles. The molecule has 1 aromatic carbocycles. The van der Waals surface area contributed by atoms with Crippen LogP contribution in [-0.4, -0.2) is 21.4 Å². The lowest BCUT2D eigenvalue weighted by molar-refractivity contribution is 0.464. The fraction of sp³-hybridized carbons (Fsp3) is 0.308. The molecule has 0 fully saturated rings. The van der Waals surface area contributed by atoms with Crippen molar-refractivity contribution in [1.29, 1.82) is 0 Å². The van der Waals surface area contributed by atoms with E-state index in [1.807, 2.05) is 19.4 Å². The first-order valence-corrected chi connectivity index (χ1v) is 6.18. The van der Waals surface area contributed by atoms with Crippen LogP contribution in [-0.2, 0) is 20.0 Å². The van der Waals surface area contributed by atoms with E-state index in [1.165, 1.54) is 5.56 Å². The summed E-state index contributed by atoms with van der Waals surface area (Å²) < 4.78 is 1.79. The molecule has 0 saturated heterocycles. The number of phenols is 1. The van der Waals surface area contributed by atoms with Crippen molar-refractivity contribution >= 4 is 11.6 Å². The van der Waals surface area contributed by atoms with Crippen LogP contribution in [0.4, 0.5) is 0 Å². The predicted molar refractivity (Wildman–Crippen MR) is 71.7 cm³/mol. The van der Waals surface area contributed by atoms with Gasteiger partial charge in [0.25, 0.3) is 0 Å². The fourth-order valence-electron chi connectivity index (χ4n) is 1.75. The zero-order chi connectivity index (χ0) is 13.0. The molecule has 2 rings (SSSR count). The molecule has 0 radical (unpaired) electrons. The highest BCUT2D eigenvalue weighted by atomic mass is 35.5. The van der Waals surface area contributed by atoms with Crippen LogP contribution in [0.2, 0.25) is 5.02 Å². The van der Waals surface area contributed by atoms with E-state index in [0.717, 1.165) is 18.5 Å². The molecule has 0 amide bonds. The monoisotopic (exact) mass is 265 g/mol. The molecule has 96 valence electrons. The summed E-state index contributed by atoms with van der Waals surface area (Å²) in [7, 11) is 1.90. The summed E-state index contributed by atoms with van der Waals surface area (Å²) in [6.07, 6.45) is 4.77. The van der Waals surface area contributed by atoms with Gasteiger partial charge in [0.05, 0.1) is 6.20 Å². The normalized spacial score (nSPS) is 10.8. The lowest BCUT2D eigenvalue weighted by Gasteiger charge is -2.06. The molecule has 1 aromatic heterocycles. The number of nitrogens with one attached hydrogen (secondary N) is 1. The van der Waals surface area contributed by atoms with E-state index < -0.39 is 0 Å². The quantitative estimate of drug-likeness (QED) is 0.814. The fourth-order valence-corrected chi connectivity index (χ4v) is 1.95. The van der Waals surface area contributed by atoms with Gasteiger partial charge in [-0.3, -0.25) is 4.68 Å². The SMILES string of the molecule is Cn1cc(CCNCc2cc(Cl)ccc2O)cn1. The third kappa shape index (κ3) is 3.48. The van der Waals surface area contributed by atoms with Crippen molar-refractivity contribution in [2.45, 2.75) is 13.0 Å². The minimum Gasteiger partial charge on any atom is -0.508 e. The molecule has 0 saturated carbocycles. The Labute approximate surface area is 111 Å². The van der Waals surface area contributed by atoms with Gasteiger partial charge in [-0.25, -0.2) is 0 Å². The first-order chi connectivity index (χ1) is 8.65. The van der Waals surface area contributed by atoms with E-state index in [1.54, 1.807) is 22.9 Å². The van der Waals surface area contributed by atoms with Gasteiger partial charge in [-0.2, -0.15) is 5.10 Å². The summed E-state index contributed by atoms with van der Waals surface area (Å²) in [6.45, 7) is 1.43. The van der Waals surface area contributed by atoms with Gasteiger partial charge >= 0.3 is 0 Å².